The van der Waals surface area contributed by atoms with Crippen molar-refractivity contribution in [3.05, 3.63) is 46.9 Å². The molecule has 0 saturated heterocycles. The smallest absolute Gasteiger partial charge is 0.0986 e. The van der Waals surface area contributed by atoms with Crippen LogP contribution >= 0.6 is 11.3 Å². The summed E-state index contributed by atoms with van der Waals surface area (Å²) >= 11 is 1.72. The summed E-state index contributed by atoms with van der Waals surface area (Å²) in [4.78, 5) is 9.23. The number of hydrogen-bond donors (Lipinski definition) is 0. The summed E-state index contributed by atoms with van der Waals surface area (Å²) in [6, 6.07) is 10.3. The second kappa shape index (κ2) is 4.42. The molecule has 19 heavy (non-hydrogen) atoms. The average Bonchev–Trinajstić information content (AvgIpc) is 2.87. The van der Waals surface area contributed by atoms with Gasteiger partial charge in [0.25, 0.3) is 0 Å². The van der Waals surface area contributed by atoms with Crippen LogP contribution in [0.5, 0.6) is 0 Å². The van der Waals surface area contributed by atoms with Gasteiger partial charge in [0, 0.05) is 27.9 Å². The Morgan fingerprint density at radius 2 is 1.89 bits per heavy atom. The van der Waals surface area contributed by atoms with Crippen molar-refractivity contribution >= 4 is 22.2 Å². The van der Waals surface area contributed by atoms with E-state index < -0.39 is 0 Å². The number of benzene rings is 1. The molecule has 3 rings (SSSR count). The van der Waals surface area contributed by atoms with Gasteiger partial charge in [-0.2, -0.15) is 0 Å². The van der Waals surface area contributed by atoms with Gasteiger partial charge in [0.05, 0.1) is 16.2 Å². The highest BCUT2D eigenvalue weighted by Gasteiger charge is 2.18. The lowest BCUT2D eigenvalue weighted by Crippen LogP contribution is -2.10. The molecule has 3 aromatic rings. The maximum absolute atomic E-state index is 4.74. The van der Waals surface area contributed by atoms with Crippen molar-refractivity contribution in [3.8, 4) is 11.3 Å². The Morgan fingerprint density at radius 3 is 2.63 bits per heavy atom. The number of aromatic nitrogens is 2. The van der Waals surface area contributed by atoms with Gasteiger partial charge in [0.2, 0.25) is 0 Å². The van der Waals surface area contributed by atoms with E-state index in [1.165, 1.54) is 0 Å². The normalized spacial score (nSPS) is 11.9. The Bertz CT molecular complexity index is 723. The fourth-order valence-corrected chi connectivity index (χ4v) is 2.88. The van der Waals surface area contributed by atoms with Gasteiger partial charge in [0.1, 0.15) is 0 Å². The summed E-state index contributed by atoms with van der Waals surface area (Å²) in [5.41, 5.74) is 3.24. The van der Waals surface area contributed by atoms with Crippen LogP contribution in [0.25, 0.3) is 22.2 Å². The summed E-state index contributed by atoms with van der Waals surface area (Å²) < 4.78 is 0. The Morgan fingerprint density at radius 1 is 1.11 bits per heavy atom. The lowest BCUT2D eigenvalue weighted by molar-refractivity contribution is 0.586. The van der Waals surface area contributed by atoms with Crippen LogP contribution in [0.2, 0.25) is 0 Å². The van der Waals surface area contributed by atoms with E-state index in [2.05, 4.69) is 43.3 Å². The number of nitrogens with zero attached hydrogens (tertiary/aromatic N) is 2. The van der Waals surface area contributed by atoms with Crippen LogP contribution in [0.1, 0.15) is 25.8 Å². The Balaban J connectivity index is 2.07. The second-order valence-corrected chi connectivity index (χ2v) is 6.56. The molecule has 0 aliphatic heterocycles. The molecule has 0 spiro atoms. The largest absolute Gasteiger partial charge is 0.256 e. The lowest BCUT2D eigenvalue weighted by atomic mass is 9.98. The van der Waals surface area contributed by atoms with E-state index in [1.807, 2.05) is 24.4 Å². The van der Waals surface area contributed by atoms with E-state index in [9.17, 15) is 0 Å². The molecule has 0 aliphatic rings. The van der Waals surface area contributed by atoms with Crippen molar-refractivity contribution in [2.75, 3.05) is 0 Å². The van der Waals surface area contributed by atoms with Gasteiger partial charge in [0.15, 0.2) is 0 Å². The van der Waals surface area contributed by atoms with Crippen molar-refractivity contribution in [1.29, 1.82) is 0 Å². The van der Waals surface area contributed by atoms with Gasteiger partial charge in [-0.3, -0.25) is 4.98 Å². The molecule has 1 aromatic carbocycles. The van der Waals surface area contributed by atoms with Crippen molar-refractivity contribution in [1.82, 2.24) is 9.97 Å². The Kier molecular flexibility index (Phi) is 2.86. The zero-order valence-corrected chi connectivity index (χ0v) is 12.2. The molecule has 0 aliphatic carbocycles. The maximum Gasteiger partial charge on any atom is 0.0986 e. The highest BCUT2D eigenvalue weighted by atomic mass is 32.1. The number of thiazole rings is 1. The highest BCUT2D eigenvalue weighted by Crippen LogP contribution is 2.30. The topological polar surface area (TPSA) is 25.8 Å². The first-order chi connectivity index (χ1) is 9.04. The van der Waals surface area contributed by atoms with E-state index in [0.717, 1.165) is 27.2 Å². The Labute approximate surface area is 117 Å². The predicted octanol–water partition coefficient (Wildman–Crippen LogP) is 4.66. The minimum absolute atomic E-state index is 0.104. The molecule has 3 heteroatoms. The van der Waals surface area contributed by atoms with Crippen molar-refractivity contribution < 1.29 is 0 Å². The van der Waals surface area contributed by atoms with E-state index in [4.69, 9.17) is 4.98 Å². The summed E-state index contributed by atoms with van der Waals surface area (Å²) in [5, 5.41) is 4.44. The molecular weight excluding hydrogens is 252 g/mol. The molecule has 96 valence electrons. The van der Waals surface area contributed by atoms with Gasteiger partial charge < -0.3 is 0 Å². The molecule has 0 unspecified atom stereocenters. The standard InChI is InChI=1S/C16H16N2S/c1-16(2,3)15-18-14(10-19-15)12-8-11-6-4-5-7-13(11)17-9-12/h4-10H,1-3H3. The van der Waals surface area contributed by atoms with E-state index >= 15 is 0 Å². The SMILES string of the molecule is CC(C)(C)c1nc(-c2cnc3ccccc3c2)cs1. The first-order valence-electron chi connectivity index (χ1n) is 6.35. The predicted molar refractivity (Wildman–Crippen MR) is 81.6 cm³/mol. The summed E-state index contributed by atoms with van der Waals surface area (Å²) in [6.07, 6.45) is 1.91. The van der Waals surface area contributed by atoms with Crippen LogP contribution in [0.3, 0.4) is 0 Å². The van der Waals surface area contributed by atoms with Gasteiger partial charge in [-0.15, -0.1) is 11.3 Å². The van der Waals surface area contributed by atoms with Crippen LogP contribution in [0, 0.1) is 0 Å². The van der Waals surface area contributed by atoms with Gasteiger partial charge >= 0.3 is 0 Å². The van der Waals surface area contributed by atoms with Crippen LogP contribution in [0.15, 0.2) is 41.9 Å². The third-order valence-electron chi connectivity index (χ3n) is 3.03. The lowest BCUT2D eigenvalue weighted by Gasteiger charge is -2.13. The molecule has 0 fully saturated rings. The van der Waals surface area contributed by atoms with E-state index in [1.54, 1.807) is 11.3 Å². The Hall–Kier alpha value is -1.74. The number of hydrogen-bond acceptors (Lipinski definition) is 3. The summed E-state index contributed by atoms with van der Waals surface area (Å²) in [7, 11) is 0. The molecule has 2 nitrogen and oxygen atoms in total. The summed E-state index contributed by atoms with van der Waals surface area (Å²) in [6.45, 7) is 6.57. The molecule has 0 atom stereocenters. The minimum atomic E-state index is 0.104. The molecule has 0 bridgehead atoms. The molecule has 0 N–H and O–H groups in total. The van der Waals surface area contributed by atoms with Crippen LogP contribution in [0.4, 0.5) is 0 Å². The quantitative estimate of drug-likeness (QED) is 0.641. The molecule has 2 aromatic heterocycles. The first kappa shape index (κ1) is 12.3. The van der Waals surface area contributed by atoms with Crippen LogP contribution in [-0.2, 0) is 5.41 Å². The van der Waals surface area contributed by atoms with E-state index in [-0.39, 0.29) is 5.41 Å². The summed E-state index contributed by atoms with van der Waals surface area (Å²) in [5.74, 6) is 0. The molecule has 0 radical (unpaired) electrons. The van der Waals surface area contributed by atoms with Gasteiger partial charge in [-0.1, -0.05) is 39.0 Å². The number of para-hydroxylation sites is 1. The monoisotopic (exact) mass is 268 g/mol. The maximum atomic E-state index is 4.74. The van der Waals surface area contributed by atoms with Crippen molar-refractivity contribution in [2.45, 2.75) is 26.2 Å². The second-order valence-electron chi connectivity index (χ2n) is 5.70. The van der Waals surface area contributed by atoms with Gasteiger partial charge in [-0.05, 0) is 12.1 Å². The minimum Gasteiger partial charge on any atom is -0.256 e. The first-order valence-corrected chi connectivity index (χ1v) is 7.23. The molecular formula is C16H16N2S. The number of rotatable bonds is 1. The number of pyridine rings is 1. The zero-order valence-electron chi connectivity index (χ0n) is 11.3. The molecule has 0 amide bonds. The average molecular weight is 268 g/mol. The van der Waals surface area contributed by atoms with Crippen LogP contribution in [-0.4, -0.2) is 9.97 Å². The number of fused-ring (bicyclic) bond motifs is 1. The van der Waals surface area contributed by atoms with Gasteiger partial charge in [-0.25, -0.2) is 4.98 Å². The van der Waals surface area contributed by atoms with Crippen LogP contribution < -0.4 is 0 Å². The fraction of sp³-hybridized carbons (Fsp3) is 0.250. The van der Waals surface area contributed by atoms with Crippen molar-refractivity contribution in [2.24, 2.45) is 0 Å². The molecule has 2 heterocycles. The fourth-order valence-electron chi connectivity index (χ4n) is 1.96. The third-order valence-corrected chi connectivity index (χ3v) is 4.30. The molecule has 0 saturated carbocycles. The van der Waals surface area contributed by atoms with Crippen molar-refractivity contribution in [3.63, 3.8) is 0 Å². The third kappa shape index (κ3) is 2.38. The zero-order chi connectivity index (χ0) is 13.5. The highest BCUT2D eigenvalue weighted by molar-refractivity contribution is 7.10. The van der Waals surface area contributed by atoms with E-state index in [0.29, 0.717) is 0 Å².